The van der Waals surface area contributed by atoms with Crippen LogP contribution in [0.15, 0.2) is 54.9 Å². The largest absolute Gasteiger partial charge is 0.341 e. The van der Waals surface area contributed by atoms with Crippen molar-refractivity contribution < 1.29 is 9.18 Å². The standard InChI is InChI=1S/C20H20FN5O/c21-11-16-12-26(18(27)10-14-6-8-22-9-7-14)13-17(16)20-23-19(24-25-20)15-4-2-1-3-5-15/h1-9,16-17H,10-13H2,(H,23,24,25)/t16-,17-/m1/s1. The molecule has 1 fully saturated rings. The lowest BCUT2D eigenvalue weighted by molar-refractivity contribution is -0.129. The van der Waals surface area contributed by atoms with Crippen molar-refractivity contribution in [3.05, 3.63) is 66.2 Å². The molecule has 27 heavy (non-hydrogen) atoms. The van der Waals surface area contributed by atoms with Crippen LogP contribution in [0.5, 0.6) is 0 Å². The van der Waals surface area contributed by atoms with E-state index in [0.717, 1.165) is 11.1 Å². The molecule has 1 aliphatic heterocycles. The Morgan fingerprint density at radius 1 is 1.15 bits per heavy atom. The van der Waals surface area contributed by atoms with E-state index < -0.39 is 6.67 Å². The monoisotopic (exact) mass is 365 g/mol. The third kappa shape index (κ3) is 3.72. The van der Waals surface area contributed by atoms with Crippen molar-refractivity contribution in [3.8, 4) is 11.4 Å². The first kappa shape index (κ1) is 17.3. The minimum Gasteiger partial charge on any atom is -0.341 e. The van der Waals surface area contributed by atoms with Crippen molar-refractivity contribution >= 4 is 5.91 Å². The molecule has 4 rings (SSSR count). The van der Waals surface area contributed by atoms with E-state index in [1.54, 1.807) is 17.3 Å². The highest BCUT2D eigenvalue weighted by Crippen LogP contribution is 2.32. The van der Waals surface area contributed by atoms with Crippen molar-refractivity contribution in [1.82, 2.24) is 25.1 Å². The van der Waals surface area contributed by atoms with E-state index in [1.165, 1.54) is 0 Å². The number of carbonyl (C=O) groups is 1. The normalized spacial score (nSPS) is 19.4. The van der Waals surface area contributed by atoms with E-state index in [4.69, 9.17) is 0 Å². The summed E-state index contributed by atoms with van der Waals surface area (Å²) in [6, 6.07) is 13.3. The van der Waals surface area contributed by atoms with Crippen molar-refractivity contribution in [3.63, 3.8) is 0 Å². The Balaban J connectivity index is 1.49. The molecule has 2 atom stereocenters. The van der Waals surface area contributed by atoms with E-state index in [0.29, 0.717) is 31.2 Å². The maximum Gasteiger partial charge on any atom is 0.227 e. The number of pyridine rings is 1. The van der Waals surface area contributed by atoms with Gasteiger partial charge in [-0.25, -0.2) is 4.98 Å². The molecule has 3 aromatic rings. The van der Waals surface area contributed by atoms with E-state index in [2.05, 4.69) is 20.2 Å². The van der Waals surface area contributed by atoms with Crippen LogP contribution in [0, 0.1) is 5.92 Å². The molecule has 0 radical (unpaired) electrons. The number of aromatic nitrogens is 4. The fourth-order valence-electron chi connectivity index (χ4n) is 3.48. The van der Waals surface area contributed by atoms with Gasteiger partial charge in [0.2, 0.25) is 5.91 Å². The molecule has 0 spiro atoms. The van der Waals surface area contributed by atoms with Crippen LogP contribution in [0.1, 0.15) is 17.3 Å². The first-order valence-electron chi connectivity index (χ1n) is 8.95. The summed E-state index contributed by atoms with van der Waals surface area (Å²) in [6.07, 6.45) is 3.62. The topological polar surface area (TPSA) is 74.8 Å². The number of alkyl halides is 1. The highest BCUT2D eigenvalue weighted by Gasteiger charge is 2.38. The molecule has 0 bridgehead atoms. The lowest BCUT2D eigenvalue weighted by Gasteiger charge is -2.16. The number of halogens is 1. The predicted molar refractivity (Wildman–Crippen MR) is 98.5 cm³/mol. The third-order valence-corrected chi connectivity index (χ3v) is 4.98. The molecule has 0 aliphatic carbocycles. The number of nitrogens with zero attached hydrogens (tertiary/aromatic N) is 4. The van der Waals surface area contributed by atoms with Crippen LogP contribution in [0.4, 0.5) is 4.39 Å². The number of nitrogens with one attached hydrogen (secondary N) is 1. The lowest BCUT2D eigenvalue weighted by Crippen LogP contribution is -2.30. The molecule has 3 heterocycles. The number of hydrogen-bond acceptors (Lipinski definition) is 4. The van der Waals surface area contributed by atoms with Crippen LogP contribution < -0.4 is 0 Å². The summed E-state index contributed by atoms with van der Waals surface area (Å²) < 4.78 is 13.6. The van der Waals surface area contributed by atoms with Gasteiger partial charge in [0.25, 0.3) is 0 Å². The molecular weight excluding hydrogens is 345 g/mol. The van der Waals surface area contributed by atoms with Gasteiger partial charge < -0.3 is 4.90 Å². The summed E-state index contributed by atoms with van der Waals surface area (Å²) in [4.78, 5) is 22.9. The summed E-state index contributed by atoms with van der Waals surface area (Å²) >= 11 is 0. The maximum atomic E-state index is 13.6. The van der Waals surface area contributed by atoms with Gasteiger partial charge in [-0.05, 0) is 17.7 Å². The van der Waals surface area contributed by atoms with Gasteiger partial charge in [-0.1, -0.05) is 30.3 Å². The van der Waals surface area contributed by atoms with Crippen molar-refractivity contribution in [1.29, 1.82) is 0 Å². The highest BCUT2D eigenvalue weighted by molar-refractivity contribution is 5.79. The number of benzene rings is 1. The smallest absolute Gasteiger partial charge is 0.227 e. The van der Waals surface area contributed by atoms with Gasteiger partial charge in [0.1, 0.15) is 5.82 Å². The van der Waals surface area contributed by atoms with Crippen LogP contribution in [-0.4, -0.2) is 50.7 Å². The summed E-state index contributed by atoms with van der Waals surface area (Å²) in [5.74, 6) is 0.759. The molecule has 6 nitrogen and oxygen atoms in total. The van der Waals surface area contributed by atoms with E-state index in [-0.39, 0.29) is 17.7 Å². The zero-order valence-electron chi connectivity index (χ0n) is 14.8. The molecule has 1 saturated heterocycles. The second kappa shape index (κ2) is 7.65. The Morgan fingerprint density at radius 2 is 1.93 bits per heavy atom. The zero-order valence-corrected chi connectivity index (χ0v) is 14.8. The van der Waals surface area contributed by atoms with Gasteiger partial charge in [0, 0.05) is 42.9 Å². The second-order valence-electron chi connectivity index (χ2n) is 6.76. The molecular formula is C20H20FN5O. The van der Waals surface area contributed by atoms with Gasteiger partial charge in [0.05, 0.1) is 13.1 Å². The van der Waals surface area contributed by atoms with Crippen molar-refractivity contribution in [2.45, 2.75) is 12.3 Å². The second-order valence-corrected chi connectivity index (χ2v) is 6.76. The Morgan fingerprint density at radius 3 is 2.67 bits per heavy atom. The third-order valence-electron chi connectivity index (χ3n) is 4.98. The minimum atomic E-state index is -0.495. The Kier molecular flexibility index (Phi) is 4.91. The SMILES string of the molecule is O=C(Cc1ccncc1)N1C[C@@H](CF)[C@H](c2nc(-c3ccccc3)n[nH]2)C1. The van der Waals surface area contributed by atoms with Crippen LogP contribution in [-0.2, 0) is 11.2 Å². The average Bonchev–Trinajstić information content (AvgIpc) is 3.36. The van der Waals surface area contributed by atoms with Gasteiger partial charge in [0.15, 0.2) is 5.82 Å². The Hall–Kier alpha value is -3.09. The number of amides is 1. The zero-order chi connectivity index (χ0) is 18.6. The molecule has 1 aromatic carbocycles. The highest BCUT2D eigenvalue weighted by atomic mass is 19.1. The van der Waals surface area contributed by atoms with Crippen LogP contribution in [0.3, 0.4) is 0 Å². The molecule has 1 amide bonds. The summed E-state index contributed by atoms with van der Waals surface area (Å²) in [5, 5.41) is 7.21. The van der Waals surface area contributed by atoms with E-state index >= 15 is 0 Å². The molecule has 138 valence electrons. The van der Waals surface area contributed by atoms with E-state index in [9.17, 15) is 9.18 Å². The van der Waals surface area contributed by atoms with Gasteiger partial charge in [-0.2, -0.15) is 5.10 Å². The summed E-state index contributed by atoms with van der Waals surface area (Å²) in [5.41, 5.74) is 1.81. The first-order chi connectivity index (χ1) is 13.2. The number of hydrogen-bond donors (Lipinski definition) is 1. The average molecular weight is 365 g/mol. The molecule has 1 aliphatic rings. The molecule has 2 aromatic heterocycles. The molecule has 7 heteroatoms. The number of aromatic amines is 1. The molecule has 0 saturated carbocycles. The van der Waals surface area contributed by atoms with Crippen molar-refractivity contribution in [2.75, 3.05) is 19.8 Å². The van der Waals surface area contributed by atoms with Crippen LogP contribution in [0.25, 0.3) is 11.4 Å². The predicted octanol–water partition coefficient (Wildman–Crippen LogP) is 2.62. The Bertz CT molecular complexity index is 899. The van der Waals surface area contributed by atoms with Gasteiger partial charge in [-0.15, -0.1) is 0 Å². The number of H-pyrrole nitrogens is 1. The maximum absolute atomic E-state index is 13.6. The Labute approximate surface area is 156 Å². The fraction of sp³-hybridized carbons (Fsp3) is 0.300. The molecule has 0 unspecified atom stereocenters. The quantitative estimate of drug-likeness (QED) is 0.754. The van der Waals surface area contributed by atoms with Crippen LogP contribution in [0.2, 0.25) is 0 Å². The molecule has 1 N–H and O–H groups in total. The number of rotatable bonds is 5. The van der Waals surface area contributed by atoms with E-state index in [1.807, 2.05) is 42.5 Å². The van der Waals surface area contributed by atoms with Gasteiger partial charge in [-0.3, -0.25) is 19.3 Å². The number of likely N-dealkylation sites (tertiary alicyclic amines) is 1. The minimum absolute atomic E-state index is 0.00931. The fourth-order valence-corrected chi connectivity index (χ4v) is 3.48. The van der Waals surface area contributed by atoms with Gasteiger partial charge >= 0.3 is 0 Å². The number of carbonyl (C=O) groups excluding carboxylic acids is 1. The van der Waals surface area contributed by atoms with Crippen LogP contribution >= 0.6 is 0 Å². The van der Waals surface area contributed by atoms with Crippen molar-refractivity contribution in [2.24, 2.45) is 5.92 Å². The summed E-state index contributed by atoms with van der Waals surface area (Å²) in [6.45, 7) is 0.347. The first-order valence-corrected chi connectivity index (χ1v) is 8.95. The lowest BCUT2D eigenvalue weighted by atomic mass is 9.97. The summed E-state index contributed by atoms with van der Waals surface area (Å²) in [7, 11) is 0.